The van der Waals surface area contributed by atoms with Crippen molar-refractivity contribution in [3.8, 4) is 11.5 Å². The van der Waals surface area contributed by atoms with Crippen molar-refractivity contribution < 1.29 is 9.47 Å². The Kier molecular flexibility index (Phi) is 5.61. The van der Waals surface area contributed by atoms with E-state index in [1.807, 2.05) is 56.3 Å². The summed E-state index contributed by atoms with van der Waals surface area (Å²) < 4.78 is 11.4. The second-order valence-electron chi connectivity index (χ2n) is 4.93. The molecule has 0 heterocycles. The zero-order chi connectivity index (χ0) is 15.9. The topological polar surface area (TPSA) is 56.5 Å². The predicted molar refractivity (Wildman–Crippen MR) is 93.8 cm³/mol. The Morgan fingerprint density at radius 1 is 1.00 bits per heavy atom. The van der Waals surface area contributed by atoms with E-state index in [1.54, 1.807) is 0 Å². The minimum absolute atomic E-state index is 0.246. The molecule has 0 aliphatic carbocycles. The largest absolute Gasteiger partial charge is 0.490 e. The first-order valence-corrected chi connectivity index (χ1v) is 7.45. The van der Waals surface area contributed by atoms with Gasteiger partial charge in [0.25, 0.3) is 0 Å². The third-order valence-corrected chi connectivity index (χ3v) is 3.23. The van der Waals surface area contributed by atoms with Crippen molar-refractivity contribution in [3.63, 3.8) is 0 Å². The molecule has 3 N–H and O–H groups in total. The number of nitrogens with two attached hydrogens (primary N) is 1. The molecular weight excluding hydrogens is 296 g/mol. The van der Waals surface area contributed by atoms with Crippen LogP contribution in [0.1, 0.15) is 11.1 Å². The molecule has 2 aromatic rings. The summed E-state index contributed by atoms with van der Waals surface area (Å²) in [4.78, 5) is 0. The zero-order valence-corrected chi connectivity index (χ0v) is 13.6. The van der Waals surface area contributed by atoms with E-state index in [-0.39, 0.29) is 5.11 Å². The van der Waals surface area contributed by atoms with E-state index in [0.717, 1.165) is 28.3 Å². The second-order valence-corrected chi connectivity index (χ2v) is 5.37. The lowest BCUT2D eigenvalue weighted by Crippen LogP contribution is -2.18. The Balaban J connectivity index is 1.80. The van der Waals surface area contributed by atoms with Gasteiger partial charge in [-0.05, 0) is 61.5 Å². The van der Waals surface area contributed by atoms with Crippen LogP contribution >= 0.6 is 12.2 Å². The van der Waals surface area contributed by atoms with Gasteiger partial charge < -0.3 is 20.5 Å². The van der Waals surface area contributed by atoms with E-state index in [4.69, 9.17) is 27.4 Å². The predicted octanol–water partition coefficient (Wildman–Crippen LogP) is 3.42. The van der Waals surface area contributed by atoms with Gasteiger partial charge in [-0.25, -0.2) is 0 Å². The van der Waals surface area contributed by atoms with Crippen LogP contribution in [0.4, 0.5) is 5.69 Å². The van der Waals surface area contributed by atoms with Crippen LogP contribution in [-0.4, -0.2) is 18.3 Å². The maximum atomic E-state index is 5.79. The summed E-state index contributed by atoms with van der Waals surface area (Å²) in [6.07, 6.45) is 0. The van der Waals surface area contributed by atoms with E-state index in [0.29, 0.717) is 13.2 Å². The van der Waals surface area contributed by atoms with Gasteiger partial charge in [0, 0.05) is 5.69 Å². The minimum Gasteiger partial charge on any atom is -0.490 e. The summed E-state index contributed by atoms with van der Waals surface area (Å²) in [7, 11) is 0. The maximum absolute atomic E-state index is 5.79. The van der Waals surface area contributed by atoms with E-state index in [2.05, 4.69) is 5.32 Å². The number of anilines is 1. The Morgan fingerprint density at radius 3 is 2.18 bits per heavy atom. The molecule has 0 spiro atoms. The zero-order valence-electron chi connectivity index (χ0n) is 12.8. The van der Waals surface area contributed by atoms with E-state index >= 15 is 0 Å². The normalized spacial score (nSPS) is 10.1. The Hall–Kier alpha value is -2.27. The van der Waals surface area contributed by atoms with Crippen molar-refractivity contribution in [3.05, 3.63) is 53.6 Å². The summed E-state index contributed by atoms with van der Waals surface area (Å²) in [6.45, 7) is 5.06. The Labute approximate surface area is 136 Å². The molecule has 116 valence electrons. The van der Waals surface area contributed by atoms with Crippen molar-refractivity contribution in [1.82, 2.24) is 0 Å². The lowest BCUT2D eigenvalue weighted by molar-refractivity contribution is 0.215. The van der Waals surface area contributed by atoms with Gasteiger partial charge in [0.15, 0.2) is 5.11 Å². The molecule has 0 saturated carbocycles. The second kappa shape index (κ2) is 7.66. The molecular formula is C17H20N2O2S. The first-order chi connectivity index (χ1) is 10.6. The molecule has 0 radical (unpaired) electrons. The highest BCUT2D eigenvalue weighted by molar-refractivity contribution is 7.80. The fourth-order valence-electron chi connectivity index (χ4n) is 2.11. The molecule has 0 atom stereocenters. The molecule has 2 aromatic carbocycles. The number of ether oxygens (including phenoxy) is 2. The van der Waals surface area contributed by atoms with Crippen molar-refractivity contribution >= 4 is 23.0 Å². The van der Waals surface area contributed by atoms with Gasteiger partial charge in [-0.15, -0.1) is 0 Å². The van der Waals surface area contributed by atoms with Gasteiger partial charge in [-0.2, -0.15) is 0 Å². The van der Waals surface area contributed by atoms with E-state index in [9.17, 15) is 0 Å². The molecule has 0 fully saturated rings. The lowest BCUT2D eigenvalue weighted by atomic mass is 10.1. The van der Waals surface area contributed by atoms with Gasteiger partial charge >= 0.3 is 0 Å². The smallest absolute Gasteiger partial charge is 0.168 e. The number of nitrogens with one attached hydrogen (secondary N) is 1. The van der Waals surface area contributed by atoms with Crippen molar-refractivity contribution in [2.24, 2.45) is 5.73 Å². The minimum atomic E-state index is 0.246. The van der Waals surface area contributed by atoms with Crippen LogP contribution in [0.3, 0.4) is 0 Å². The molecule has 22 heavy (non-hydrogen) atoms. The highest BCUT2D eigenvalue weighted by Gasteiger charge is 2.03. The van der Waals surface area contributed by atoms with Crippen LogP contribution in [0, 0.1) is 13.8 Å². The average molecular weight is 316 g/mol. The molecule has 0 aliphatic heterocycles. The summed E-state index contributed by atoms with van der Waals surface area (Å²) >= 11 is 4.78. The molecule has 4 nitrogen and oxygen atoms in total. The van der Waals surface area contributed by atoms with Gasteiger partial charge in [0.2, 0.25) is 0 Å². The fraction of sp³-hybridized carbons (Fsp3) is 0.235. The number of para-hydroxylation sites is 1. The van der Waals surface area contributed by atoms with E-state index < -0.39 is 0 Å². The summed E-state index contributed by atoms with van der Waals surface area (Å²) in [5, 5.41) is 3.11. The molecule has 0 saturated heterocycles. The number of hydrogen-bond donors (Lipinski definition) is 2. The third-order valence-electron chi connectivity index (χ3n) is 3.13. The molecule has 0 aromatic heterocycles. The van der Waals surface area contributed by atoms with Crippen LogP contribution in [-0.2, 0) is 0 Å². The van der Waals surface area contributed by atoms with Crippen molar-refractivity contribution in [2.45, 2.75) is 13.8 Å². The number of benzene rings is 2. The van der Waals surface area contributed by atoms with Crippen LogP contribution in [0.15, 0.2) is 42.5 Å². The SMILES string of the molecule is Cc1cccc(C)c1OCCOc1ccc(NC(N)=S)cc1. The number of rotatable bonds is 6. The van der Waals surface area contributed by atoms with E-state index in [1.165, 1.54) is 0 Å². The third kappa shape index (κ3) is 4.63. The van der Waals surface area contributed by atoms with Crippen LogP contribution in [0.2, 0.25) is 0 Å². The van der Waals surface area contributed by atoms with Gasteiger partial charge in [-0.3, -0.25) is 0 Å². The Bertz CT molecular complexity index is 621. The average Bonchev–Trinajstić information content (AvgIpc) is 2.47. The summed E-state index contributed by atoms with van der Waals surface area (Å²) in [5.74, 6) is 1.71. The molecule has 2 rings (SSSR count). The maximum Gasteiger partial charge on any atom is 0.168 e. The standard InChI is InChI=1S/C17H20N2O2S/c1-12-4-3-5-13(2)16(12)21-11-10-20-15-8-6-14(7-9-15)19-17(18)22/h3-9H,10-11H2,1-2H3,(H3,18,19,22). The van der Waals surface area contributed by atoms with Crippen LogP contribution in [0.5, 0.6) is 11.5 Å². The molecule has 0 unspecified atom stereocenters. The number of thiocarbonyl (C=S) groups is 1. The highest BCUT2D eigenvalue weighted by Crippen LogP contribution is 2.22. The number of aryl methyl sites for hydroxylation is 2. The Morgan fingerprint density at radius 2 is 1.59 bits per heavy atom. The molecule has 0 amide bonds. The molecule has 0 bridgehead atoms. The van der Waals surface area contributed by atoms with Gasteiger partial charge in [-0.1, -0.05) is 18.2 Å². The first-order valence-electron chi connectivity index (χ1n) is 7.04. The van der Waals surface area contributed by atoms with Crippen molar-refractivity contribution in [1.29, 1.82) is 0 Å². The summed E-state index contributed by atoms with van der Waals surface area (Å²) in [5.41, 5.74) is 8.52. The van der Waals surface area contributed by atoms with Crippen LogP contribution < -0.4 is 20.5 Å². The lowest BCUT2D eigenvalue weighted by Gasteiger charge is -2.12. The quantitative estimate of drug-likeness (QED) is 0.632. The molecule has 5 heteroatoms. The number of hydrogen-bond acceptors (Lipinski definition) is 3. The monoisotopic (exact) mass is 316 g/mol. The first kappa shape index (κ1) is 16.1. The van der Waals surface area contributed by atoms with Gasteiger partial charge in [0.1, 0.15) is 24.7 Å². The molecule has 0 aliphatic rings. The van der Waals surface area contributed by atoms with Gasteiger partial charge in [0.05, 0.1) is 0 Å². The summed E-state index contributed by atoms with van der Waals surface area (Å²) in [6, 6.07) is 13.5. The van der Waals surface area contributed by atoms with Crippen LogP contribution in [0.25, 0.3) is 0 Å². The highest BCUT2D eigenvalue weighted by atomic mass is 32.1. The van der Waals surface area contributed by atoms with Crippen molar-refractivity contribution in [2.75, 3.05) is 18.5 Å². The fourth-order valence-corrected chi connectivity index (χ4v) is 2.22.